The molecular weight excluding hydrogens is 456 g/mol. The number of nitrogens with zero attached hydrogens (tertiary/aromatic N) is 6. The molecule has 2 heterocycles. The topological polar surface area (TPSA) is 59.7 Å². The molecule has 1 fully saturated rings. The van der Waals surface area contributed by atoms with Gasteiger partial charge in [-0.3, -0.25) is 9.88 Å². The molecule has 5 rings (SSSR count). The van der Waals surface area contributed by atoms with Gasteiger partial charge in [0.15, 0.2) is 5.82 Å². The molecule has 0 N–H and O–H groups in total. The van der Waals surface area contributed by atoms with Crippen LogP contribution in [0, 0.1) is 6.92 Å². The summed E-state index contributed by atoms with van der Waals surface area (Å²) < 4.78 is 2.09. The fourth-order valence-corrected chi connectivity index (χ4v) is 5.24. The monoisotopic (exact) mass is 486 g/mol. The highest BCUT2D eigenvalue weighted by Crippen LogP contribution is 2.35. The van der Waals surface area contributed by atoms with E-state index in [1.165, 1.54) is 30.4 Å². The second-order valence-corrected chi connectivity index (χ2v) is 9.85. The first-order valence-corrected chi connectivity index (χ1v) is 12.8. The normalized spacial score (nSPS) is 15.4. The number of rotatable bonds is 8. The maximum absolute atomic E-state index is 6.64. The Morgan fingerprint density at radius 2 is 1.77 bits per heavy atom. The van der Waals surface area contributed by atoms with Gasteiger partial charge in [-0.15, -0.1) is 5.10 Å². The first-order valence-electron chi connectivity index (χ1n) is 12.4. The van der Waals surface area contributed by atoms with Crippen molar-refractivity contribution in [2.75, 3.05) is 0 Å². The van der Waals surface area contributed by atoms with E-state index in [1.54, 1.807) is 0 Å². The number of tetrazole rings is 1. The van der Waals surface area contributed by atoms with E-state index in [0.29, 0.717) is 19.1 Å². The molecule has 1 saturated carbocycles. The number of pyridine rings is 1. The van der Waals surface area contributed by atoms with Crippen LogP contribution < -0.4 is 0 Å². The van der Waals surface area contributed by atoms with Crippen LogP contribution in [0.1, 0.15) is 72.3 Å². The van der Waals surface area contributed by atoms with Crippen molar-refractivity contribution in [2.45, 2.75) is 64.2 Å². The van der Waals surface area contributed by atoms with Crippen molar-refractivity contribution in [1.82, 2.24) is 30.1 Å². The molecule has 1 atom stereocenters. The smallest absolute Gasteiger partial charge is 0.173 e. The lowest BCUT2D eigenvalue weighted by atomic mass is 9.94. The number of hydrogen-bond acceptors (Lipinski definition) is 5. The third-order valence-electron chi connectivity index (χ3n) is 6.88. The van der Waals surface area contributed by atoms with Crippen LogP contribution in [0.4, 0.5) is 0 Å². The van der Waals surface area contributed by atoms with E-state index in [9.17, 15) is 0 Å². The van der Waals surface area contributed by atoms with E-state index in [0.717, 1.165) is 34.8 Å². The van der Waals surface area contributed by atoms with Crippen molar-refractivity contribution in [3.8, 4) is 0 Å². The number of benzene rings is 2. The molecule has 0 aliphatic heterocycles. The summed E-state index contributed by atoms with van der Waals surface area (Å²) in [6.45, 7) is 3.46. The standard InChI is InChI=1S/C28H31ClN6/c1-21-13-15-23(16-14-21)27(28-31-32-33-35(28)25-10-3-2-4-11-25)34(19-22-8-7-17-30-18-22)20-24-9-5-6-12-26(24)29/h5-9,12-18,25,27H,2-4,10-11,19-20H2,1H3. The lowest BCUT2D eigenvalue weighted by molar-refractivity contribution is 0.187. The van der Waals surface area contributed by atoms with Crippen LogP contribution in [0.5, 0.6) is 0 Å². The molecule has 2 aromatic heterocycles. The molecule has 4 aromatic rings. The summed E-state index contributed by atoms with van der Waals surface area (Å²) >= 11 is 6.64. The van der Waals surface area contributed by atoms with E-state index in [-0.39, 0.29) is 6.04 Å². The summed E-state index contributed by atoms with van der Waals surface area (Å²) in [7, 11) is 0. The van der Waals surface area contributed by atoms with E-state index in [4.69, 9.17) is 11.6 Å². The van der Waals surface area contributed by atoms with Crippen molar-refractivity contribution in [3.05, 3.63) is 106 Å². The Morgan fingerprint density at radius 3 is 2.51 bits per heavy atom. The molecule has 180 valence electrons. The molecule has 0 spiro atoms. The molecule has 2 aromatic carbocycles. The zero-order chi connectivity index (χ0) is 24.0. The number of halogens is 1. The average molecular weight is 487 g/mol. The van der Waals surface area contributed by atoms with E-state index in [2.05, 4.69) is 73.4 Å². The van der Waals surface area contributed by atoms with Gasteiger partial charge in [0.2, 0.25) is 0 Å². The molecule has 0 radical (unpaired) electrons. The third kappa shape index (κ3) is 5.60. The van der Waals surface area contributed by atoms with Crippen LogP contribution in [0.2, 0.25) is 5.02 Å². The molecule has 7 heteroatoms. The Hall–Kier alpha value is -3.09. The van der Waals surface area contributed by atoms with Crippen molar-refractivity contribution in [2.24, 2.45) is 0 Å². The number of hydrogen-bond donors (Lipinski definition) is 0. The zero-order valence-corrected chi connectivity index (χ0v) is 20.8. The Bertz CT molecular complexity index is 1220. The summed E-state index contributed by atoms with van der Waals surface area (Å²) in [5.74, 6) is 0.886. The fraction of sp³-hybridized carbons (Fsp3) is 0.357. The Balaban J connectivity index is 1.60. The molecule has 0 amide bonds. The second kappa shape index (κ2) is 11.1. The molecule has 1 unspecified atom stereocenters. The van der Waals surface area contributed by atoms with E-state index in [1.807, 2.05) is 36.7 Å². The first-order chi connectivity index (χ1) is 17.2. The molecule has 1 aliphatic carbocycles. The van der Waals surface area contributed by atoms with Crippen LogP contribution in [-0.2, 0) is 13.1 Å². The number of aromatic nitrogens is 5. The minimum Gasteiger partial charge on any atom is -0.281 e. The SMILES string of the molecule is Cc1ccc(C(c2nnnn2C2CCCCC2)N(Cc2cccnc2)Cc2ccccc2Cl)cc1. The van der Waals surface area contributed by atoms with Crippen molar-refractivity contribution in [3.63, 3.8) is 0 Å². The maximum Gasteiger partial charge on any atom is 0.173 e. The van der Waals surface area contributed by atoms with Crippen molar-refractivity contribution < 1.29 is 0 Å². The fourth-order valence-electron chi connectivity index (χ4n) is 5.05. The van der Waals surface area contributed by atoms with Gasteiger partial charge < -0.3 is 0 Å². The van der Waals surface area contributed by atoms with Gasteiger partial charge in [0, 0.05) is 30.5 Å². The van der Waals surface area contributed by atoms with Crippen LogP contribution in [0.25, 0.3) is 0 Å². The summed E-state index contributed by atoms with van der Waals surface area (Å²) in [5.41, 5.74) is 4.60. The summed E-state index contributed by atoms with van der Waals surface area (Å²) in [6.07, 6.45) is 9.70. The Kier molecular flexibility index (Phi) is 7.50. The molecule has 0 saturated heterocycles. The van der Waals surface area contributed by atoms with Gasteiger partial charge in [-0.2, -0.15) is 0 Å². The van der Waals surface area contributed by atoms with Gasteiger partial charge in [-0.1, -0.05) is 85.0 Å². The second-order valence-electron chi connectivity index (χ2n) is 9.44. The van der Waals surface area contributed by atoms with Gasteiger partial charge in [-0.05, 0) is 59.0 Å². The van der Waals surface area contributed by atoms with Crippen LogP contribution in [0.15, 0.2) is 73.1 Å². The maximum atomic E-state index is 6.64. The minimum absolute atomic E-state index is 0.135. The largest absolute Gasteiger partial charge is 0.281 e. The van der Waals surface area contributed by atoms with E-state index >= 15 is 0 Å². The van der Waals surface area contributed by atoms with Crippen LogP contribution in [0.3, 0.4) is 0 Å². The summed E-state index contributed by atoms with van der Waals surface area (Å²) in [4.78, 5) is 6.77. The van der Waals surface area contributed by atoms with Crippen molar-refractivity contribution >= 4 is 11.6 Å². The Morgan fingerprint density at radius 1 is 0.971 bits per heavy atom. The highest BCUT2D eigenvalue weighted by Gasteiger charge is 2.31. The minimum atomic E-state index is -0.135. The van der Waals surface area contributed by atoms with Gasteiger partial charge in [-0.25, -0.2) is 4.68 Å². The molecule has 35 heavy (non-hydrogen) atoms. The molecule has 0 bridgehead atoms. The highest BCUT2D eigenvalue weighted by atomic mass is 35.5. The highest BCUT2D eigenvalue weighted by molar-refractivity contribution is 6.31. The molecule has 6 nitrogen and oxygen atoms in total. The average Bonchev–Trinajstić information content (AvgIpc) is 3.37. The molecule has 1 aliphatic rings. The zero-order valence-electron chi connectivity index (χ0n) is 20.1. The quantitative estimate of drug-likeness (QED) is 0.291. The third-order valence-corrected chi connectivity index (χ3v) is 7.25. The van der Waals surface area contributed by atoms with Gasteiger partial charge in [0.05, 0.1) is 12.1 Å². The predicted molar refractivity (Wildman–Crippen MR) is 138 cm³/mol. The van der Waals surface area contributed by atoms with Crippen LogP contribution in [-0.4, -0.2) is 30.1 Å². The molecular formula is C28H31ClN6. The Labute approximate surface area is 212 Å². The van der Waals surface area contributed by atoms with Crippen molar-refractivity contribution in [1.29, 1.82) is 0 Å². The lowest BCUT2D eigenvalue weighted by Gasteiger charge is -2.33. The summed E-state index contributed by atoms with van der Waals surface area (Å²) in [5, 5.41) is 14.1. The number of aryl methyl sites for hydroxylation is 1. The summed E-state index contributed by atoms with van der Waals surface area (Å²) in [6, 6.07) is 21.1. The van der Waals surface area contributed by atoms with Crippen LogP contribution >= 0.6 is 11.6 Å². The van der Waals surface area contributed by atoms with Gasteiger partial charge in [0.25, 0.3) is 0 Å². The van der Waals surface area contributed by atoms with Gasteiger partial charge in [0.1, 0.15) is 0 Å². The lowest BCUT2D eigenvalue weighted by Crippen LogP contribution is -2.32. The first kappa shape index (κ1) is 23.6. The van der Waals surface area contributed by atoms with Gasteiger partial charge >= 0.3 is 0 Å². The van der Waals surface area contributed by atoms with E-state index < -0.39 is 0 Å². The predicted octanol–water partition coefficient (Wildman–Crippen LogP) is 6.33.